The minimum absolute atomic E-state index is 0.125. The van der Waals surface area contributed by atoms with Gasteiger partial charge in [-0.05, 0) is 47.7 Å². The van der Waals surface area contributed by atoms with Crippen molar-refractivity contribution in [3.63, 3.8) is 0 Å². The number of piperazine rings is 1. The molecule has 1 aliphatic heterocycles. The van der Waals surface area contributed by atoms with Gasteiger partial charge in [0.15, 0.2) is 0 Å². The lowest BCUT2D eigenvalue weighted by Crippen LogP contribution is -2.48. The van der Waals surface area contributed by atoms with Crippen LogP contribution in [0.3, 0.4) is 0 Å². The Morgan fingerprint density at radius 1 is 1.28 bits per heavy atom. The molecule has 2 aromatic rings. The van der Waals surface area contributed by atoms with Gasteiger partial charge in [-0.3, -0.25) is 14.4 Å². The summed E-state index contributed by atoms with van der Waals surface area (Å²) in [6.07, 6.45) is 0.918. The summed E-state index contributed by atoms with van der Waals surface area (Å²) >= 11 is 1.74. The molecule has 0 aromatic carbocycles. The zero-order valence-electron chi connectivity index (χ0n) is 15.4. The van der Waals surface area contributed by atoms with Gasteiger partial charge in [0.2, 0.25) is 0 Å². The molecule has 1 amide bonds. The quantitative estimate of drug-likeness (QED) is 0.795. The number of hydrogen-bond acceptors (Lipinski definition) is 4. The van der Waals surface area contributed by atoms with E-state index in [-0.39, 0.29) is 5.91 Å². The van der Waals surface area contributed by atoms with Gasteiger partial charge in [-0.15, -0.1) is 0 Å². The molecule has 0 aliphatic carbocycles. The van der Waals surface area contributed by atoms with Crippen molar-refractivity contribution in [3.8, 4) is 0 Å². The summed E-state index contributed by atoms with van der Waals surface area (Å²) in [4.78, 5) is 17.4. The monoisotopic (exact) mass is 360 g/mol. The molecule has 0 atom stereocenters. The van der Waals surface area contributed by atoms with Crippen LogP contribution in [0.4, 0.5) is 0 Å². The number of hydrogen-bond donors (Lipinski definition) is 0. The van der Waals surface area contributed by atoms with Gasteiger partial charge in [0.05, 0.1) is 5.69 Å². The Morgan fingerprint density at radius 2 is 2.04 bits per heavy atom. The highest BCUT2D eigenvalue weighted by atomic mass is 32.1. The summed E-state index contributed by atoms with van der Waals surface area (Å²) < 4.78 is 1.86. The fraction of sp³-hybridized carbons (Fsp3) is 0.579. The smallest absolute Gasteiger partial charge is 0.272 e. The molecule has 0 spiro atoms. The zero-order chi connectivity index (χ0) is 17.8. The minimum Gasteiger partial charge on any atom is -0.335 e. The van der Waals surface area contributed by atoms with Crippen LogP contribution >= 0.6 is 11.3 Å². The van der Waals surface area contributed by atoms with E-state index >= 15 is 0 Å². The highest BCUT2D eigenvalue weighted by Gasteiger charge is 2.25. The Kier molecular flexibility index (Phi) is 5.91. The van der Waals surface area contributed by atoms with Crippen LogP contribution in [0, 0.1) is 5.92 Å². The molecule has 0 N–H and O–H groups in total. The van der Waals surface area contributed by atoms with E-state index in [2.05, 4.69) is 40.7 Å². The lowest BCUT2D eigenvalue weighted by molar-refractivity contribution is 0.0616. The topological polar surface area (TPSA) is 41.4 Å². The van der Waals surface area contributed by atoms with E-state index in [9.17, 15) is 4.79 Å². The Balaban J connectivity index is 1.61. The van der Waals surface area contributed by atoms with E-state index in [0.717, 1.165) is 57.1 Å². The van der Waals surface area contributed by atoms with Crippen molar-refractivity contribution >= 4 is 17.2 Å². The molecule has 3 heterocycles. The minimum atomic E-state index is 0.125. The molecule has 0 unspecified atom stereocenters. The number of aryl methyl sites for hydroxylation is 1. The summed E-state index contributed by atoms with van der Waals surface area (Å²) in [6.45, 7) is 11.6. The molecule has 0 saturated carbocycles. The number of rotatable bonds is 6. The standard InChI is InChI=1S/C19H28N4OS/c1-4-23-18(12-17(20-23)11-15(2)3)19(24)22-8-6-21(7-9-22)13-16-5-10-25-14-16/h5,10,12,14-15H,4,6-9,11,13H2,1-3H3. The first-order valence-corrected chi connectivity index (χ1v) is 10.1. The SMILES string of the molecule is CCn1nc(CC(C)C)cc1C(=O)N1CCN(Cc2ccsc2)CC1. The maximum Gasteiger partial charge on any atom is 0.272 e. The molecule has 5 nitrogen and oxygen atoms in total. The molecule has 1 fully saturated rings. The molecule has 0 bridgehead atoms. The van der Waals surface area contributed by atoms with Gasteiger partial charge in [0.1, 0.15) is 5.69 Å². The van der Waals surface area contributed by atoms with Crippen LogP contribution in [-0.4, -0.2) is 51.7 Å². The number of thiophene rings is 1. The van der Waals surface area contributed by atoms with Crippen LogP contribution in [0.2, 0.25) is 0 Å². The lowest BCUT2D eigenvalue weighted by atomic mass is 10.1. The van der Waals surface area contributed by atoms with Crippen LogP contribution in [0.1, 0.15) is 42.5 Å². The summed E-state index contributed by atoms with van der Waals surface area (Å²) in [6, 6.07) is 4.17. The normalized spacial score (nSPS) is 15.9. The van der Waals surface area contributed by atoms with Crippen LogP contribution in [0.5, 0.6) is 0 Å². The average Bonchev–Trinajstić information content (AvgIpc) is 3.24. The first kappa shape index (κ1) is 18.1. The van der Waals surface area contributed by atoms with Gasteiger partial charge in [-0.25, -0.2) is 0 Å². The number of amides is 1. The zero-order valence-corrected chi connectivity index (χ0v) is 16.3. The van der Waals surface area contributed by atoms with E-state index in [4.69, 9.17) is 0 Å². The van der Waals surface area contributed by atoms with E-state index in [1.807, 2.05) is 22.6 Å². The third-order valence-corrected chi connectivity index (χ3v) is 5.34. The predicted octanol–water partition coefficient (Wildman–Crippen LogP) is 3.12. The highest BCUT2D eigenvalue weighted by molar-refractivity contribution is 7.07. The molecule has 136 valence electrons. The van der Waals surface area contributed by atoms with Gasteiger partial charge in [0.25, 0.3) is 5.91 Å². The fourth-order valence-electron chi connectivity index (χ4n) is 3.31. The lowest BCUT2D eigenvalue weighted by Gasteiger charge is -2.34. The Bertz CT molecular complexity index is 684. The molecule has 0 radical (unpaired) electrons. The third kappa shape index (κ3) is 4.50. The number of aromatic nitrogens is 2. The molecule has 3 rings (SSSR count). The first-order chi connectivity index (χ1) is 12.1. The van der Waals surface area contributed by atoms with E-state index < -0.39 is 0 Å². The second kappa shape index (κ2) is 8.15. The van der Waals surface area contributed by atoms with Crippen molar-refractivity contribution in [2.24, 2.45) is 5.92 Å². The van der Waals surface area contributed by atoms with Crippen molar-refractivity contribution in [1.82, 2.24) is 19.6 Å². The summed E-state index contributed by atoms with van der Waals surface area (Å²) in [5.74, 6) is 0.670. The molecule has 25 heavy (non-hydrogen) atoms. The fourth-order valence-corrected chi connectivity index (χ4v) is 3.97. The van der Waals surface area contributed by atoms with Crippen molar-refractivity contribution in [2.75, 3.05) is 26.2 Å². The van der Waals surface area contributed by atoms with Gasteiger partial charge < -0.3 is 4.90 Å². The summed E-state index contributed by atoms with van der Waals surface area (Å²) in [7, 11) is 0. The second-order valence-corrected chi connectivity index (χ2v) is 7.91. The van der Waals surface area contributed by atoms with Crippen molar-refractivity contribution in [2.45, 2.75) is 40.3 Å². The van der Waals surface area contributed by atoms with Crippen LogP contribution in [0.15, 0.2) is 22.9 Å². The van der Waals surface area contributed by atoms with E-state index in [0.29, 0.717) is 5.92 Å². The van der Waals surface area contributed by atoms with Crippen LogP contribution in [0.25, 0.3) is 0 Å². The Morgan fingerprint density at radius 3 is 2.64 bits per heavy atom. The molecule has 2 aromatic heterocycles. The summed E-state index contributed by atoms with van der Waals surface area (Å²) in [5, 5.41) is 8.93. The van der Waals surface area contributed by atoms with Crippen molar-refractivity contribution in [3.05, 3.63) is 39.8 Å². The maximum absolute atomic E-state index is 13.0. The number of nitrogens with zero attached hydrogens (tertiary/aromatic N) is 4. The van der Waals surface area contributed by atoms with Gasteiger partial charge in [-0.2, -0.15) is 16.4 Å². The maximum atomic E-state index is 13.0. The molecule has 1 saturated heterocycles. The van der Waals surface area contributed by atoms with E-state index in [1.54, 1.807) is 11.3 Å². The number of carbonyl (C=O) groups excluding carboxylic acids is 1. The Hall–Kier alpha value is -1.66. The average molecular weight is 361 g/mol. The molecular weight excluding hydrogens is 332 g/mol. The Labute approximate surface area is 154 Å². The predicted molar refractivity (Wildman–Crippen MR) is 102 cm³/mol. The molecular formula is C19H28N4OS. The van der Waals surface area contributed by atoms with Gasteiger partial charge >= 0.3 is 0 Å². The summed E-state index contributed by atoms with van der Waals surface area (Å²) in [5.41, 5.74) is 3.13. The van der Waals surface area contributed by atoms with Crippen molar-refractivity contribution in [1.29, 1.82) is 0 Å². The van der Waals surface area contributed by atoms with Gasteiger partial charge in [-0.1, -0.05) is 13.8 Å². The van der Waals surface area contributed by atoms with Crippen LogP contribution < -0.4 is 0 Å². The van der Waals surface area contributed by atoms with Crippen LogP contribution in [-0.2, 0) is 19.5 Å². The number of carbonyl (C=O) groups is 1. The first-order valence-electron chi connectivity index (χ1n) is 9.16. The largest absolute Gasteiger partial charge is 0.335 e. The van der Waals surface area contributed by atoms with Crippen molar-refractivity contribution < 1.29 is 4.79 Å². The molecule has 6 heteroatoms. The second-order valence-electron chi connectivity index (χ2n) is 7.13. The van der Waals surface area contributed by atoms with Gasteiger partial charge in [0, 0.05) is 39.3 Å². The third-order valence-electron chi connectivity index (χ3n) is 4.61. The highest BCUT2D eigenvalue weighted by Crippen LogP contribution is 2.15. The van der Waals surface area contributed by atoms with E-state index in [1.165, 1.54) is 5.56 Å². The molecule has 1 aliphatic rings.